The van der Waals surface area contributed by atoms with E-state index in [0.29, 0.717) is 12.2 Å². The maximum absolute atomic E-state index is 5.77. The molecule has 0 saturated heterocycles. The zero-order valence-electron chi connectivity index (χ0n) is 8.81. The highest BCUT2D eigenvalue weighted by molar-refractivity contribution is 5.33. The third-order valence-corrected chi connectivity index (χ3v) is 2.98. The summed E-state index contributed by atoms with van der Waals surface area (Å²) in [6.45, 7) is 4.25. The van der Waals surface area contributed by atoms with E-state index in [1.165, 1.54) is 38.5 Å². The molecule has 1 unspecified atom stereocenters. The van der Waals surface area contributed by atoms with Gasteiger partial charge in [0.15, 0.2) is 0 Å². The van der Waals surface area contributed by atoms with Crippen LogP contribution in [0.3, 0.4) is 0 Å². The van der Waals surface area contributed by atoms with Crippen molar-refractivity contribution in [2.45, 2.75) is 64.6 Å². The molecule has 0 amide bonds. The van der Waals surface area contributed by atoms with E-state index in [0.717, 1.165) is 0 Å². The van der Waals surface area contributed by atoms with Gasteiger partial charge in [0.25, 0.3) is 0 Å². The molecule has 1 nitrogen and oxygen atoms in total. The Labute approximate surface area is 81.2 Å². The van der Waals surface area contributed by atoms with E-state index in [1.807, 2.05) is 0 Å². The van der Waals surface area contributed by atoms with Gasteiger partial charge in [-0.05, 0) is 45.1 Å². The summed E-state index contributed by atoms with van der Waals surface area (Å²) in [4.78, 5) is 0. The SMILES string of the molecule is CC(C)OC1CC1=C1CCCCC1. The third kappa shape index (κ3) is 2.34. The number of hydrogen-bond acceptors (Lipinski definition) is 1. The van der Waals surface area contributed by atoms with E-state index in [-0.39, 0.29) is 0 Å². The van der Waals surface area contributed by atoms with E-state index in [1.54, 1.807) is 11.1 Å². The average Bonchev–Trinajstić information content (AvgIpc) is 2.84. The minimum Gasteiger partial charge on any atom is -0.371 e. The first-order valence-corrected chi connectivity index (χ1v) is 5.63. The van der Waals surface area contributed by atoms with Gasteiger partial charge in [-0.25, -0.2) is 0 Å². The number of ether oxygens (including phenoxy) is 1. The molecule has 13 heavy (non-hydrogen) atoms. The highest BCUT2D eigenvalue weighted by Gasteiger charge is 2.34. The van der Waals surface area contributed by atoms with Crippen LogP contribution in [-0.4, -0.2) is 12.2 Å². The molecule has 0 aliphatic heterocycles. The quantitative estimate of drug-likeness (QED) is 0.591. The van der Waals surface area contributed by atoms with E-state index >= 15 is 0 Å². The molecule has 0 aromatic heterocycles. The minimum absolute atomic E-state index is 0.395. The van der Waals surface area contributed by atoms with Gasteiger partial charge in [0, 0.05) is 6.42 Å². The molecule has 2 rings (SSSR count). The highest BCUT2D eigenvalue weighted by Crippen LogP contribution is 2.41. The molecule has 1 atom stereocenters. The summed E-state index contributed by atoms with van der Waals surface area (Å²) in [6, 6.07) is 0. The second kappa shape index (κ2) is 3.83. The largest absolute Gasteiger partial charge is 0.371 e. The summed E-state index contributed by atoms with van der Waals surface area (Å²) in [5.74, 6) is 0. The fourth-order valence-electron chi connectivity index (χ4n) is 2.27. The monoisotopic (exact) mass is 180 g/mol. The van der Waals surface area contributed by atoms with Crippen molar-refractivity contribution in [1.82, 2.24) is 0 Å². The topological polar surface area (TPSA) is 9.23 Å². The van der Waals surface area contributed by atoms with Crippen molar-refractivity contribution in [3.63, 3.8) is 0 Å². The normalized spacial score (nSPS) is 28.4. The predicted molar refractivity (Wildman–Crippen MR) is 54.7 cm³/mol. The Bertz CT molecular complexity index is 207. The zero-order valence-corrected chi connectivity index (χ0v) is 8.81. The molecule has 0 heterocycles. The van der Waals surface area contributed by atoms with Crippen LogP contribution in [0, 0.1) is 0 Å². The summed E-state index contributed by atoms with van der Waals surface area (Å²) in [5, 5.41) is 0. The Hall–Kier alpha value is -0.300. The molecule has 74 valence electrons. The van der Waals surface area contributed by atoms with E-state index < -0.39 is 0 Å². The molecule has 0 bridgehead atoms. The Morgan fingerprint density at radius 1 is 1.15 bits per heavy atom. The molecular formula is C12H20O. The van der Waals surface area contributed by atoms with Crippen LogP contribution >= 0.6 is 0 Å². The Kier molecular flexibility index (Phi) is 2.73. The van der Waals surface area contributed by atoms with Gasteiger partial charge in [-0.3, -0.25) is 0 Å². The van der Waals surface area contributed by atoms with E-state index in [4.69, 9.17) is 4.74 Å². The van der Waals surface area contributed by atoms with Crippen LogP contribution in [0.1, 0.15) is 52.4 Å². The number of rotatable bonds is 2. The van der Waals surface area contributed by atoms with Crippen LogP contribution in [0.15, 0.2) is 11.1 Å². The van der Waals surface area contributed by atoms with Gasteiger partial charge in [0.05, 0.1) is 12.2 Å². The second-order valence-electron chi connectivity index (χ2n) is 4.57. The summed E-state index contributed by atoms with van der Waals surface area (Å²) in [7, 11) is 0. The van der Waals surface area contributed by atoms with Crippen molar-refractivity contribution in [1.29, 1.82) is 0 Å². The molecule has 0 aromatic carbocycles. The van der Waals surface area contributed by atoms with Gasteiger partial charge in [-0.1, -0.05) is 12.0 Å². The van der Waals surface area contributed by atoms with Crippen LogP contribution in [0.4, 0.5) is 0 Å². The lowest BCUT2D eigenvalue weighted by Crippen LogP contribution is -2.04. The Balaban J connectivity index is 1.88. The first-order valence-electron chi connectivity index (χ1n) is 5.63. The first-order chi connectivity index (χ1) is 6.27. The van der Waals surface area contributed by atoms with Gasteiger partial charge in [-0.15, -0.1) is 0 Å². The van der Waals surface area contributed by atoms with Crippen LogP contribution in [-0.2, 0) is 4.74 Å². The highest BCUT2D eigenvalue weighted by atomic mass is 16.5. The van der Waals surface area contributed by atoms with E-state index in [2.05, 4.69) is 13.8 Å². The standard InChI is InChI=1S/C12H20O/c1-9(2)13-12-8-11(12)10-6-4-3-5-7-10/h9,12H,3-8H2,1-2H3. The van der Waals surface area contributed by atoms with Gasteiger partial charge in [-0.2, -0.15) is 0 Å². The average molecular weight is 180 g/mol. The van der Waals surface area contributed by atoms with Crippen LogP contribution in [0.25, 0.3) is 0 Å². The molecule has 0 N–H and O–H groups in total. The molecule has 0 aromatic rings. The van der Waals surface area contributed by atoms with Gasteiger partial charge >= 0.3 is 0 Å². The lowest BCUT2D eigenvalue weighted by Gasteiger charge is -2.13. The summed E-state index contributed by atoms with van der Waals surface area (Å²) in [5.41, 5.74) is 3.38. The number of allylic oxidation sites excluding steroid dienone is 1. The molecule has 0 spiro atoms. The molecule has 2 fully saturated rings. The number of hydrogen-bond donors (Lipinski definition) is 0. The van der Waals surface area contributed by atoms with Crippen LogP contribution in [0.2, 0.25) is 0 Å². The van der Waals surface area contributed by atoms with Crippen LogP contribution < -0.4 is 0 Å². The smallest absolute Gasteiger partial charge is 0.0830 e. The van der Waals surface area contributed by atoms with Crippen molar-refractivity contribution in [3.8, 4) is 0 Å². The molecule has 2 saturated carbocycles. The van der Waals surface area contributed by atoms with Crippen LogP contribution in [0.5, 0.6) is 0 Å². The maximum Gasteiger partial charge on any atom is 0.0830 e. The Morgan fingerprint density at radius 2 is 1.85 bits per heavy atom. The van der Waals surface area contributed by atoms with Crippen molar-refractivity contribution >= 4 is 0 Å². The van der Waals surface area contributed by atoms with Gasteiger partial charge in [0.2, 0.25) is 0 Å². The van der Waals surface area contributed by atoms with Crippen molar-refractivity contribution in [2.75, 3.05) is 0 Å². The van der Waals surface area contributed by atoms with Gasteiger partial charge < -0.3 is 4.74 Å². The minimum atomic E-state index is 0.395. The third-order valence-electron chi connectivity index (χ3n) is 2.98. The van der Waals surface area contributed by atoms with Crippen molar-refractivity contribution in [3.05, 3.63) is 11.1 Å². The second-order valence-corrected chi connectivity index (χ2v) is 4.57. The van der Waals surface area contributed by atoms with Crippen molar-refractivity contribution < 1.29 is 4.74 Å². The summed E-state index contributed by atoms with van der Waals surface area (Å²) in [6.07, 6.45) is 9.10. The maximum atomic E-state index is 5.77. The molecule has 0 radical (unpaired) electrons. The van der Waals surface area contributed by atoms with Crippen molar-refractivity contribution in [2.24, 2.45) is 0 Å². The lowest BCUT2D eigenvalue weighted by atomic mass is 9.94. The van der Waals surface area contributed by atoms with E-state index in [9.17, 15) is 0 Å². The molecule has 1 heteroatoms. The fourth-order valence-corrected chi connectivity index (χ4v) is 2.27. The molecular weight excluding hydrogens is 160 g/mol. The summed E-state index contributed by atoms with van der Waals surface area (Å²) < 4.78 is 5.77. The zero-order chi connectivity index (χ0) is 9.26. The molecule has 2 aliphatic carbocycles. The summed E-state index contributed by atoms with van der Waals surface area (Å²) >= 11 is 0. The molecule has 2 aliphatic rings. The van der Waals surface area contributed by atoms with Gasteiger partial charge in [0.1, 0.15) is 0 Å². The Morgan fingerprint density at radius 3 is 2.46 bits per heavy atom. The predicted octanol–water partition coefficient (Wildman–Crippen LogP) is 3.44. The fraction of sp³-hybridized carbons (Fsp3) is 0.833. The lowest BCUT2D eigenvalue weighted by molar-refractivity contribution is 0.0716. The first kappa shape index (κ1) is 9.26.